The molecule has 3 aromatic rings. The van der Waals surface area contributed by atoms with Gasteiger partial charge < -0.3 is 9.67 Å². The Labute approximate surface area is 159 Å². The smallest absolute Gasteiger partial charge is 0.335 e. The first-order chi connectivity index (χ1) is 13.7. The lowest BCUT2D eigenvalue weighted by Crippen LogP contribution is -2.23. The zero-order chi connectivity index (χ0) is 21.5. The van der Waals surface area contributed by atoms with Crippen molar-refractivity contribution in [2.45, 2.75) is 13.5 Å². The summed E-state index contributed by atoms with van der Waals surface area (Å²) >= 11 is 0. The van der Waals surface area contributed by atoms with Crippen LogP contribution in [-0.4, -0.2) is 20.6 Å². The van der Waals surface area contributed by atoms with Gasteiger partial charge in [0.2, 0.25) is 5.82 Å². The minimum absolute atomic E-state index is 0.100. The number of rotatable bonds is 4. The SMILES string of the molecule is CCn1c(=O)c(/C=C/c2c(F)c(F)c(F)c(F)c2F)nc2cc(C(=O)O)ccc21. The second-order valence-electron chi connectivity index (χ2n) is 5.87. The summed E-state index contributed by atoms with van der Waals surface area (Å²) in [5.41, 5.74) is -1.99. The van der Waals surface area contributed by atoms with Crippen LogP contribution in [0.15, 0.2) is 23.0 Å². The van der Waals surface area contributed by atoms with Gasteiger partial charge in [-0.1, -0.05) is 0 Å². The number of nitrogens with zero attached hydrogens (tertiary/aromatic N) is 2. The fourth-order valence-corrected chi connectivity index (χ4v) is 2.75. The molecule has 5 nitrogen and oxygen atoms in total. The lowest BCUT2D eigenvalue weighted by Gasteiger charge is -2.09. The summed E-state index contributed by atoms with van der Waals surface area (Å²) in [6.45, 7) is 1.79. The highest BCUT2D eigenvalue weighted by Gasteiger charge is 2.24. The monoisotopic (exact) mass is 410 g/mol. The number of halogens is 5. The van der Waals surface area contributed by atoms with Gasteiger partial charge in [-0.15, -0.1) is 0 Å². The van der Waals surface area contributed by atoms with Gasteiger partial charge in [0.05, 0.1) is 22.2 Å². The van der Waals surface area contributed by atoms with Crippen molar-refractivity contribution >= 4 is 29.2 Å². The Kier molecular flexibility index (Phi) is 5.19. The van der Waals surface area contributed by atoms with Gasteiger partial charge in [-0.2, -0.15) is 0 Å². The Bertz CT molecular complexity index is 1220. The molecule has 0 saturated heterocycles. The average molecular weight is 410 g/mol. The van der Waals surface area contributed by atoms with E-state index in [1.807, 2.05) is 0 Å². The third-order valence-corrected chi connectivity index (χ3v) is 4.19. The molecule has 0 aliphatic carbocycles. The van der Waals surface area contributed by atoms with E-state index in [1.165, 1.54) is 22.8 Å². The fourth-order valence-electron chi connectivity index (χ4n) is 2.75. The summed E-state index contributed by atoms with van der Waals surface area (Å²) in [6, 6.07) is 3.86. The van der Waals surface area contributed by atoms with Crippen LogP contribution in [0.1, 0.15) is 28.5 Å². The molecule has 0 radical (unpaired) electrons. The second-order valence-corrected chi connectivity index (χ2v) is 5.87. The van der Waals surface area contributed by atoms with Gasteiger partial charge in [0, 0.05) is 6.54 Å². The molecule has 0 saturated carbocycles. The van der Waals surface area contributed by atoms with Crippen LogP contribution in [0.2, 0.25) is 0 Å². The maximum absolute atomic E-state index is 13.8. The predicted octanol–water partition coefficient (Wildman–Crippen LogP) is 3.98. The van der Waals surface area contributed by atoms with Crippen LogP contribution >= 0.6 is 0 Å². The van der Waals surface area contributed by atoms with Crippen molar-refractivity contribution in [3.63, 3.8) is 0 Å². The minimum atomic E-state index is -2.30. The Morgan fingerprint density at radius 2 is 1.62 bits per heavy atom. The van der Waals surface area contributed by atoms with Gasteiger partial charge in [-0.05, 0) is 37.3 Å². The molecule has 1 aromatic heterocycles. The van der Waals surface area contributed by atoms with Crippen LogP contribution < -0.4 is 5.56 Å². The summed E-state index contributed by atoms with van der Waals surface area (Å²) < 4.78 is 68.6. The number of hydrogen-bond acceptors (Lipinski definition) is 3. The zero-order valence-corrected chi connectivity index (χ0v) is 14.6. The highest BCUT2D eigenvalue weighted by atomic mass is 19.2. The van der Waals surface area contributed by atoms with Crippen molar-refractivity contribution < 1.29 is 31.9 Å². The highest BCUT2D eigenvalue weighted by molar-refractivity contribution is 5.92. The van der Waals surface area contributed by atoms with Crippen molar-refractivity contribution in [1.82, 2.24) is 9.55 Å². The molecule has 1 heterocycles. The molecule has 0 unspecified atom stereocenters. The van der Waals surface area contributed by atoms with E-state index in [-0.39, 0.29) is 23.3 Å². The molecule has 2 aromatic carbocycles. The van der Waals surface area contributed by atoms with Crippen LogP contribution in [0.3, 0.4) is 0 Å². The lowest BCUT2D eigenvalue weighted by molar-refractivity contribution is 0.0697. The van der Waals surface area contributed by atoms with E-state index in [1.54, 1.807) is 6.92 Å². The van der Waals surface area contributed by atoms with Crippen molar-refractivity contribution in [1.29, 1.82) is 0 Å². The van der Waals surface area contributed by atoms with E-state index < -0.39 is 46.2 Å². The van der Waals surface area contributed by atoms with Crippen LogP contribution in [0.5, 0.6) is 0 Å². The maximum atomic E-state index is 13.8. The predicted molar refractivity (Wildman–Crippen MR) is 93.8 cm³/mol. The van der Waals surface area contributed by atoms with E-state index in [0.717, 1.165) is 6.08 Å². The van der Waals surface area contributed by atoms with E-state index in [9.17, 15) is 31.5 Å². The van der Waals surface area contributed by atoms with E-state index >= 15 is 0 Å². The topological polar surface area (TPSA) is 72.2 Å². The van der Waals surface area contributed by atoms with E-state index in [2.05, 4.69) is 4.98 Å². The van der Waals surface area contributed by atoms with Crippen molar-refractivity contribution in [3.8, 4) is 0 Å². The van der Waals surface area contributed by atoms with Gasteiger partial charge in [0.1, 0.15) is 5.69 Å². The normalized spacial score (nSPS) is 11.5. The molecule has 1 N–H and O–H groups in total. The molecular weight excluding hydrogens is 399 g/mol. The highest BCUT2D eigenvalue weighted by Crippen LogP contribution is 2.24. The van der Waals surface area contributed by atoms with E-state index in [4.69, 9.17) is 5.11 Å². The Morgan fingerprint density at radius 3 is 2.17 bits per heavy atom. The summed E-state index contributed by atoms with van der Waals surface area (Å²) in [5, 5.41) is 9.09. The molecule has 0 amide bonds. The Morgan fingerprint density at radius 1 is 1.03 bits per heavy atom. The number of carboxylic acid groups (broad SMARTS) is 1. The molecule has 0 aliphatic rings. The van der Waals surface area contributed by atoms with Crippen molar-refractivity contribution in [2.75, 3.05) is 0 Å². The Balaban J connectivity index is 2.22. The number of carbonyl (C=O) groups is 1. The van der Waals surface area contributed by atoms with Gasteiger partial charge in [0.15, 0.2) is 23.3 Å². The van der Waals surface area contributed by atoms with Crippen molar-refractivity contribution in [3.05, 3.63) is 74.5 Å². The first-order valence-corrected chi connectivity index (χ1v) is 8.14. The first kappa shape index (κ1) is 20.2. The molecular formula is C19H11F5N2O3. The standard InChI is InChI=1S/C19H11F5N2O3/c1-2-26-12-6-3-8(19(28)29)7-11(12)25-10(18(26)27)5-4-9-13(20)15(22)17(24)16(23)14(9)21/h3-7H,2H2,1H3,(H,28,29)/b5-4+. The first-order valence-electron chi connectivity index (χ1n) is 8.14. The number of fused-ring (bicyclic) bond motifs is 1. The third-order valence-electron chi connectivity index (χ3n) is 4.19. The molecule has 0 aliphatic heterocycles. The van der Waals surface area contributed by atoms with Crippen LogP contribution in [0.4, 0.5) is 22.0 Å². The summed E-state index contributed by atoms with van der Waals surface area (Å²) in [7, 11) is 0. The number of aryl methyl sites for hydroxylation is 1. The quantitative estimate of drug-likeness (QED) is 0.401. The average Bonchev–Trinajstić information content (AvgIpc) is 2.70. The summed E-state index contributed by atoms with van der Waals surface area (Å²) in [6.07, 6.45) is 1.35. The molecule has 0 atom stereocenters. The van der Waals surface area contributed by atoms with Gasteiger partial charge in [-0.3, -0.25) is 4.79 Å². The molecule has 150 valence electrons. The van der Waals surface area contributed by atoms with Crippen LogP contribution in [-0.2, 0) is 6.54 Å². The summed E-state index contributed by atoms with van der Waals surface area (Å²) in [5.74, 6) is -11.9. The molecule has 10 heteroatoms. The number of carboxylic acids is 1. The summed E-state index contributed by atoms with van der Waals surface area (Å²) in [4.78, 5) is 27.7. The zero-order valence-electron chi connectivity index (χ0n) is 14.6. The molecule has 29 heavy (non-hydrogen) atoms. The van der Waals surface area contributed by atoms with Gasteiger partial charge >= 0.3 is 5.97 Å². The number of aromatic carboxylic acids is 1. The molecule has 3 rings (SSSR count). The maximum Gasteiger partial charge on any atom is 0.335 e. The molecule has 0 spiro atoms. The molecule has 0 fully saturated rings. The van der Waals surface area contributed by atoms with Gasteiger partial charge in [0.25, 0.3) is 5.56 Å². The van der Waals surface area contributed by atoms with Crippen molar-refractivity contribution in [2.24, 2.45) is 0 Å². The third kappa shape index (κ3) is 3.37. The van der Waals surface area contributed by atoms with Crippen LogP contribution in [0, 0.1) is 29.1 Å². The fraction of sp³-hybridized carbons (Fsp3) is 0.105. The second kappa shape index (κ2) is 7.46. The largest absolute Gasteiger partial charge is 0.478 e. The molecule has 0 bridgehead atoms. The number of hydrogen-bond donors (Lipinski definition) is 1. The van der Waals surface area contributed by atoms with E-state index in [0.29, 0.717) is 11.6 Å². The number of benzene rings is 2. The van der Waals surface area contributed by atoms with Crippen LogP contribution in [0.25, 0.3) is 23.2 Å². The number of aromatic nitrogens is 2. The Hall–Kier alpha value is -3.56. The van der Waals surface area contributed by atoms with Gasteiger partial charge in [-0.25, -0.2) is 31.7 Å². The minimum Gasteiger partial charge on any atom is -0.478 e. The lowest BCUT2D eigenvalue weighted by atomic mass is 10.1.